The molecule has 4 nitrogen and oxygen atoms in total. The van der Waals surface area contributed by atoms with Crippen LogP contribution in [-0.2, 0) is 11.0 Å². The lowest BCUT2D eigenvalue weighted by atomic mass is 9.77. The number of nitrogens with zero attached hydrogens (tertiary/aromatic N) is 1. The van der Waals surface area contributed by atoms with E-state index in [1.165, 1.54) is 42.7 Å². The minimum Gasteiger partial charge on any atom is -0.382 e. The van der Waals surface area contributed by atoms with Crippen LogP contribution in [-0.4, -0.2) is 43.9 Å². The van der Waals surface area contributed by atoms with Gasteiger partial charge in [-0.25, -0.2) is 12.9 Å². The van der Waals surface area contributed by atoms with Gasteiger partial charge in [-0.05, 0) is 92.3 Å². The van der Waals surface area contributed by atoms with Crippen molar-refractivity contribution in [1.82, 2.24) is 4.31 Å². The average Bonchev–Trinajstić information content (AvgIpc) is 3.36. The molecule has 7 heteroatoms. The lowest BCUT2D eigenvalue weighted by molar-refractivity contribution is 0.0922. The van der Waals surface area contributed by atoms with Crippen LogP contribution in [0.3, 0.4) is 0 Å². The van der Waals surface area contributed by atoms with E-state index in [1.54, 1.807) is 12.1 Å². The van der Waals surface area contributed by atoms with E-state index in [1.807, 2.05) is 53.3 Å². The first-order valence-electron chi connectivity index (χ1n) is 17.5. The second kappa shape index (κ2) is 17.8. The molecule has 2 aromatic carbocycles. The molecule has 0 radical (unpaired) electrons. The van der Waals surface area contributed by atoms with Gasteiger partial charge in [0.25, 0.3) is 0 Å². The van der Waals surface area contributed by atoms with E-state index >= 15 is 0 Å². The van der Waals surface area contributed by atoms with Crippen molar-refractivity contribution >= 4 is 34.2 Å². The standard InChI is InChI=1S/C32H39FN2O2S2.3C2H6/c1-32(2)15-11-24(12-16-32)38-25-7-9-27-28-10-8-26(20-30(28)31(36)29(27)19-25)39(37)35-17-13-23(14-18-35)34-22-5-3-21(33)4-6-22;3*1-2/h3-10,19,23-24,26,28,30,34H,11-18,20H2,1-2H3;3*1-2H3. The number of fused-ring (bicyclic) bond motifs is 3. The number of benzene rings is 2. The Kier molecular flexibility index (Phi) is 14.8. The molecule has 4 unspecified atom stereocenters. The molecule has 3 aliphatic carbocycles. The lowest BCUT2D eigenvalue weighted by Gasteiger charge is -2.35. The summed E-state index contributed by atoms with van der Waals surface area (Å²) in [6.07, 6.45) is 11.7. The summed E-state index contributed by atoms with van der Waals surface area (Å²) >= 11 is 1.94. The van der Waals surface area contributed by atoms with Gasteiger partial charge in [-0.3, -0.25) is 4.79 Å². The molecule has 0 amide bonds. The predicted octanol–water partition coefficient (Wildman–Crippen LogP) is 10.4. The normalized spacial score (nSPS) is 24.8. The van der Waals surface area contributed by atoms with Crippen LogP contribution in [0.5, 0.6) is 0 Å². The molecular formula is C38H57FN2O2S2. The Bertz CT molecular complexity index is 1260. The first-order chi connectivity index (χ1) is 21.8. The summed E-state index contributed by atoms with van der Waals surface area (Å²) < 4.78 is 28.8. The molecule has 2 aromatic rings. The van der Waals surface area contributed by atoms with Gasteiger partial charge in [-0.15, -0.1) is 11.8 Å². The summed E-state index contributed by atoms with van der Waals surface area (Å²) in [6.45, 7) is 18.2. The summed E-state index contributed by atoms with van der Waals surface area (Å²) in [5.74, 6) is 0.00410. The minimum atomic E-state index is -1.15. The van der Waals surface area contributed by atoms with Crippen molar-refractivity contribution in [2.24, 2.45) is 11.3 Å². The number of thioether (sulfide) groups is 1. The molecule has 2 fully saturated rings. The molecule has 0 aromatic heterocycles. The molecular weight excluding hydrogens is 600 g/mol. The van der Waals surface area contributed by atoms with Crippen molar-refractivity contribution in [3.8, 4) is 0 Å². The molecule has 1 saturated carbocycles. The number of Topliss-reactive ketones (excluding diaryl/α,β-unsaturated/α-hetero) is 1. The Morgan fingerprint density at radius 3 is 2.13 bits per heavy atom. The number of hydrogen-bond donors (Lipinski definition) is 1. The molecule has 1 aliphatic heterocycles. The van der Waals surface area contributed by atoms with E-state index in [0.29, 0.717) is 17.1 Å². The largest absolute Gasteiger partial charge is 0.382 e. The van der Waals surface area contributed by atoms with Gasteiger partial charge in [0.05, 0.1) is 5.25 Å². The van der Waals surface area contributed by atoms with Gasteiger partial charge in [0, 0.05) is 52.4 Å². The maximum absolute atomic E-state index is 13.6. The Hall–Kier alpha value is -1.96. The second-order valence-corrected chi connectivity index (χ2v) is 15.6. The van der Waals surface area contributed by atoms with Gasteiger partial charge in [-0.1, -0.05) is 73.6 Å². The Balaban J connectivity index is 0.000000870. The molecule has 0 spiro atoms. The number of piperidine rings is 1. The average molecular weight is 657 g/mol. The number of nitrogens with one attached hydrogen (secondary N) is 1. The predicted molar refractivity (Wildman–Crippen MR) is 193 cm³/mol. The van der Waals surface area contributed by atoms with Gasteiger partial charge in [0.2, 0.25) is 0 Å². The number of allylic oxidation sites excluding steroid dienone is 1. The highest BCUT2D eigenvalue weighted by atomic mass is 32.2. The van der Waals surface area contributed by atoms with E-state index in [4.69, 9.17) is 0 Å². The fourth-order valence-corrected chi connectivity index (χ4v) is 9.48. The van der Waals surface area contributed by atoms with Crippen LogP contribution in [0.25, 0.3) is 0 Å². The highest BCUT2D eigenvalue weighted by molar-refractivity contribution is 8.00. The number of carbonyl (C=O) groups is 1. The zero-order valence-corrected chi connectivity index (χ0v) is 30.5. The molecule has 45 heavy (non-hydrogen) atoms. The van der Waals surface area contributed by atoms with Crippen LogP contribution in [0.15, 0.2) is 59.5 Å². The van der Waals surface area contributed by atoms with Crippen molar-refractivity contribution in [3.05, 3.63) is 71.6 Å². The van der Waals surface area contributed by atoms with Gasteiger partial charge < -0.3 is 5.32 Å². The zero-order chi connectivity index (χ0) is 33.1. The third-order valence-corrected chi connectivity index (χ3v) is 12.3. The van der Waals surface area contributed by atoms with E-state index in [2.05, 4.69) is 53.8 Å². The van der Waals surface area contributed by atoms with E-state index in [0.717, 1.165) is 42.7 Å². The number of ketones is 1. The van der Waals surface area contributed by atoms with Gasteiger partial charge >= 0.3 is 0 Å². The van der Waals surface area contributed by atoms with Crippen LogP contribution < -0.4 is 5.32 Å². The highest BCUT2D eigenvalue weighted by Gasteiger charge is 2.43. The minimum absolute atomic E-state index is 0.104. The van der Waals surface area contributed by atoms with Crippen LogP contribution in [0, 0.1) is 17.2 Å². The molecule has 4 aliphatic rings. The van der Waals surface area contributed by atoms with Crippen LogP contribution in [0.2, 0.25) is 0 Å². The van der Waals surface area contributed by atoms with Gasteiger partial charge in [0.15, 0.2) is 5.78 Å². The summed E-state index contributed by atoms with van der Waals surface area (Å²) in [4.78, 5) is 14.8. The van der Waals surface area contributed by atoms with Crippen molar-refractivity contribution in [1.29, 1.82) is 0 Å². The first kappa shape index (κ1) is 37.5. The van der Waals surface area contributed by atoms with E-state index in [-0.39, 0.29) is 34.7 Å². The Labute approximate surface area is 280 Å². The SMILES string of the molecule is CC.CC.CC.CC1(C)CCC(Sc2ccc3c(c2)C(=O)C2CC(S(=O)N4CCC(Nc5ccc(F)cc5)CC4)C=CC32)CC1. The molecule has 1 heterocycles. The van der Waals surface area contributed by atoms with Gasteiger partial charge in [-0.2, -0.15) is 0 Å². The van der Waals surface area contributed by atoms with E-state index in [9.17, 15) is 13.4 Å². The fourth-order valence-electron chi connectivity index (χ4n) is 6.74. The van der Waals surface area contributed by atoms with Crippen LogP contribution in [0.1, 0.15) is 122 Å². The maximum atomic E-state index is 13.6. The second-order valence-electron chi connectivity index (χ2n) is 12.5. The van der Waals surface area contributed by atoms with Gasteiger partial charge in [0.1, 0.15) is 16.8 Å². The van der Waals surface area contributed by atoms with Crippen molar-refractivity contribution in [2.75, 3.05) is 18.4 Å². The number of anilines is 1. The molecule has 1 saturated heterocycles. The summed E-state index contributed by atoms with van der Waals surface area (Å²) in [6, 6.07) is 13.3. The van der Waals surface area contributed by atoms with Crippen LogP contribution in [0.4, 0.5) is 10.1 Å². The van der Waals surface area contributed by atoms with E-state index < -0.39 is 11.0 Å². The van der Waals surface area contributed by atoms with Crippen molar-refractivity contribution in [3.63, 3.8) is 0 Å². The molecule has 0 bridgehead atoms. The third-order valence-electron chi connectivity index (χ3n) is 9.21. The van der Waals surface area contributed by atoms with Crippen molar-refractivity contribution in [2.45, 2.75) is 128 Å². The summed E-state index contributed by atoms with van der Waals surface area (Å²) in [5.41, 5.74) is 3.41. The summed E-state index contributed by atoms with van der Waals surface area (Å²) in [5, 5.41) is 3.99. The lowest BCUT2D eigenvalue weighted by Crippen LogP contribution is -2.43. The molecule has 4 atom stereocenters. The quantitative estimate of drug-likeness (QED) is 0.314. The smallest absolute Gasteiger partial charge is 0.167 e. The highest BCUT2D eigenvalue weighted by Crippen LogP contribution is 2.47. The number of hydrogen-bond acceptors (Lipinski definition) is 4. The monoisotopic (exact) mass is 656 g/mol. The molecule has 250 valence electrons. The molecule has 1 N–H and O–H groups in total. The number of carbonyl (C=O) groups excluding carboxylic acids is 1. The Morgan fingerprint density at radius 2 is 1.51 bits per heavy atom. The topological polar surface area (TPSA) is 49.4 Å². The third kappa shape index (κ3) is 9.54. The van der Waals surface area contributed by atoms with Crippen LogP contribution >= 0.6 is 11.8 Å². The summed E-state index contributed by atoms with van der Waals surface area (Å²) in [7, 11) is -1.15. The first-order valence-corrected chi connectivity index (χ1v) is 19.5. The maximum Gasteiger partial charge on any atom is 0.167 e. The number of halogens is 1. The number of rotatable bonds is 6. The van der Waals surface area contributed by atoms with Crippen molar-refractivity contribution < 1.29 is 13.4 Å². The molecule has 6 rings (SSSR count). The zero-order valence-electron chi connectivity index (χ0n) is 28.9. The Morgan fingerprint density at radius 1 is 0.889 bits per heavy atom. The fraction of sp³-hybridized carbons (Fsp3) is 0.605.